The van der Waals surface area contributed by atoms with Crippen LogP contribution in [0.1, 0.15) is 10.4 Å². The predicted octanol–water partition coefficient (Wildman–Crippen LogP) is 2.75. The summed E-state index contributed by atoms with van der Waals surface area (Å²) < 4.78 is 27.9. The summed E-state index contributed by atoms with van der Waals surface area (Å²) in [7, 11) is 0. The molecule has 76 valence electrons. The highest BCUT2D eigenvalue weighted by Gasteiger charge is 2.11. The molecule has 1 rings (SSSR count). The van der Waals surface area contributed by atoms with Crippen LogP contribution in [-0.2, 0) is 0 Å². The van der Waals surface area contributed by atoms with Crippen molar-refractivity contribution in [2.24, 2.45) is 0 Å². The molecule has 0 radical (unpaired) electrons. The number of ether oxygens (including phenoxy) is 1. The molecule has 0 heterocycles. The van der Waals surface area contributed by atoms with Crippen LogP contribution in [0.4, 0.5) is 8.78 Å². The van der Waals surface area contributed by atoms with E-state index in [-0.39, 0.29) is 11.3 Å². The Balaban J connectivity index is 3.00. The van der Waals surface area contributed by atoms with Crippen LogP contribution in [0.15, 0.2) is 22.7 Å². The normalized spacial score (nSPS) is 10.3. The first kappa shape index (κ1) is 10.9. The third-order valence-corrected chi connectivity index (χ3v) is 2.08. The molecule has 0 unspecified atom stereocenters. The highest BCUT2D eigenvalue weighted by molar-refractivity contribution is 9.10. The molecule has 0 atom stereocenters. The minimum atomic E-state index is -2.96. The molecule has 0 aliphatic rings. The van der Waals surface area contributed by atoms with Crippen LogP contribution >= 0.6 is 15.9 Å². The van der Waals surface area contributed by atoms with Crippen molar-refractivity contribution in [3.63, 3.8) is 0 Å². The molecule has 0 saturated carbocycles. The summed E-state index contributed by atoms with van der Waals surface area (Å²) in [5, 5.41) is 8.65. The van der Waals surface area contributed by atoms with Gasteiger partial charge in [-0.2, -0.15) is 8.78 Å². The van der Waals surface area contributed by atoms with Crippen LogP contribution in [0, 0.1) is 0 Å². The Labute approximate surface area is 86.4 Å². The van der Waals surface area contributed by atoms with Crippen LogP contribution in [0.2, 0.25) is 0 Å². The van der Waals surface area contributed by atoms with E-state index in [4.69, 9.17) is 5.11 Å². The number of alkyl halides is 2. The van der Waals surface area contributed by atoms with Crippen molar-refractivity contribution in [2.75, 3.05) is 0 Å². The molecule has 1 aromatic carbocycles. The molecule has 1 aromatic rings. The topological polar surface area (TPSA) is 46.5 Å². The van der Waals surface area contributed by atoms with Gasteiger partial charge in [0.15, 0.2) is 0 Å². The number of hydrogen-bond acceptors (Lipinski definition) is 2. The number of halogens is 3. The summed E-state index contributed by atoms with van der Waals surface area (Å²) in [4.78, 5) is 10.6. The van der Waals surface area contributed by atoms with Gasteiger partial charge < -0.3 is 9.84 Å². The van der Waals surface area contributed by atoms with E-state index in [2.05, 4.69) is 20.7 Å². The molecule has 0 bridgehead atoms. The fraction of sp³-hybridized carbons (Fsp3) is 0.125. The Morgan fingerprint density at radius 1 is 1.50 bits per heavy atom. The average Bonchev–Trinajstić information content (AvgIpc) is 2.07. The van der Waals surface area contributed by atoms with E-state index in [1.54, 1.807) is 0 Å². The van der Waals surface area contributed by atoms with Gasteiger partial charge in [0, 0.05) is 4.47 Å². The average molecular weight is 267 g/mol. The molecule has 6 heteroatoms. The van der Waals surface area contributed by atoms with Crippen molar-refractivity contribution in [1.29, 1.82) is 0 Å². The van der Waals surface area contributed by atoms with Gasteiger partial charge in [0.25, 0.3) is 0 Å². The quantitative estimate of drug-likeness (QED) is 0.915. The molecule has 3 nitrogen and oxygen atoms in total. The van der Waals surface area contributed by atoms with Gasteiger partial charge in [0.2, 0.25) is 0 Å². The van der Waals surface area contributed by atoms with E-state index in [9.17, 15) is 13.6 Å². The highest BCUT2D eigenvalue weighted by Crippen LogP contribution is 2.23. The Morgan fingerprint density at radius 3 is 2.64 bits per heavy atom. The number of carboxylic acids is 1. The molecule has 0 amide bonds. The standard InChI is InChI=1S/C8H5BrF2O3/c9-6-2-1-4(14-8(10)11)3-5(6)7(12)13/h1-3,8H,(H,12,13). The Bertz CT molecular complexity index is 354. The zero-order valence-electron chi connectivity index (χ0n) is 6.71. The van der Waals surface area contributed by atoms with Crippen molar-refractivity contribution in [3.8, 4) is 5.75 Å². The van der Waals surface area contributed by atoms with Gasteiger partial charge in [-0.05, 0) is 34.1 Å². The van der Waals surface area contributed by atoms with E-state index in [0.29, 0.717) is 4.47 Å². The van der Waals surface area contributed by atoms with Gasteiger partial charge in [-0.3, -0.25) is 0 Å². The van der Waals surface area contributed by atoms with Crippen LogP contribution < -0.4 is 4.74 Å². The van der Waals surface area contributed by atoms with E-state index in [1.807, 2.05) is 0 Å². The lowest BCUT2D eigenvalue weighted by Gasteiger charge is -2.05. The molecule has 0 saturated heterocycles. The molecule has 1 N–H and O–H groups in total. The van der Waals surface area contributed by atoms with Crippen molar-refractivity contribution in [2.45, 2.75) is 6.61 Å². The maximum Gasteiger partial charge on any atom is 0.387 e. The fourth-order valence-electron chi connectivity index (χ4n) is 0.844. The smallest absolute Gasteiger partial charge is 0.387 e. The molecule has 0 aliphatic heterocycles. The second kappa shape index (κ2) is 4.36. The monoisotopic (exact) mass is 266 g/mol. The van der Waals surface area contributed by atoms with E-state index in [0.717, 1.165) is 6.07 Å². The van der Waals surface area contributed by atoms with Crippen LogP contribution in [0.3, 0.4) is 0 Å². The lowest BCUT2D eigenvalue weighted by molar-refractivity contribution is -0.0499. The second-order valence-corrected chi connectivity index (χ2v) is 3.18. The van der Waals surface area contributed by atoms with Gasteiger partial charge in [0.05, 0.1) is 5.56 Å². The summed E-state index contributed by atoms with van der Waals surface area (Å²) in [5.74, 6) is -1.39. The van der Waals surface area contributed by atoms with Gasteiger partial charge in [-0.1, -0.05) is 0 Å². The summed E-state index contributed by atoms with van der Waals surface area (Å²) in [6.07, 6.45) is 0. The van der Waals surface area contributed by atoms with Crippen LogP contribution in [0.25, 0.3) is 0 Å². The first-order valence-electron chi connectivity index (χ1n) is 3.48. The van der Waals surface area contributed by atoms with Gasteiger partial charge in [0.1, 0.15) is 5.75 Å². The Kier molecular flexibility index (Phi) is 3.40. The van der Waals surface area contributed by atoms with Crippen molar-refractivity contribution < 1.29 is 23.4 Å². The van der Waals surface area contributed by atoms with E-state index in [1.165, 1.54) is 12.1 Å². The van der Waals surface area contributed by atoms with Gasteiger partial charge >= 0.3 is 12.6 Å². The molecule has 0 spiro atoms. The molecule has 0 aliphatic carbocycles. The van der Waals surface area contributed by atoms with Gasteiger partial charge in [-0.25, -0.2) is 4.79 Å². The number of rotatable bonds is 3. The third-order valence-electron chi connectivity index (χ3n) is 1.39. The van der Waals surface area contributed by atoms with E-state index < -0.39 is 12.6 Å². The second-order valence-electron chi connectivity index (χ2n) is 2.33. The van der Waals surface area contributed by atoms with Crippen LogP contribution in [-0.4, -0.2) is 17.7 Å². The Hall–Kier alpha value is -1.17. The largest absolute Gasteiger partial charge is 0.478 e. The Morgan fingerprint density at radius 2 is 2.14 bits per heavy atom. The molecule has 0 fully saturated rings. The number of carbonyl (C=O) groups is 1. The maximum absolute atomic E-state index is 11.8. The van der Waals surface area contributed by atoms with Crippen molar-refractivity contribution in [1.82, 2.24) is 0 Å². The first-order valence-corrected chi connectivity index (χ1v) is 4.27. The zero-order valence-corrected chi connectivity index (χ0v) is 8.29. The van der Waals surface area contributed by atoms with Crippen molar-refractivity contribution in [3.05, 3.63) is 28.2 Å². The first-order chi connectivity index (χ1) is 6.50. The van der Waals surface area contributed by atoms with E-state index >= 15 is 0 Å². The number of benzene rings is 1. The molecular formula is C8H5BrF2O3. The zero-order chi connectivity index (χ0) is 10.7. The molecular weight excluding hydrogens is 262 g/mol. The lowest BCUT2D eigenvalue weighted by Crippen LogP contribution is -2.04. The SMILES string of the molecule is O=C(O)c1cc(OC(F)F)ccc1Br. The summed E-state index contributed by atoms with van der Waals surface area (Å²) in [6, 6.07) is 3.61. The summed E-state index contributed by atoms with van der Waals surface area (Å²) >= 11 is 2.97. The minimum absolute atomic E-state index is 0.122. The number of hydrogen-bond donors (Lipinski definition) is 1. The highest BCUT2D eigenvalue weighted by atomic mass is 79.9. The van der Waals surface area contributed by atoms with Gasteiger partial charge in [-0.15, -0.1) is 0 Å². The third kappa shape index (κ3) is 2.66. The number of aromatic carboxylic acids is 1. The lowest BCUT2D eigenvalue weighted by atomic mass is 10.2. The summed E-state index contributed by atoms with van der Waals surface area (Å²) in [5.41, 5.74) is -0.122. The predicted molar refractivity (Wildman–Crippen MR) is 47.7 cm³/mol. The summed E-state index contributed by atoms with van der Waals surface area (Å²) in [6.45, 7) is -2.96. The maximum atomic E-state index is 11.8. The molecule has 14 heavy (non-hydrogen) atoms. The van der Waals surface area contributed by atoms with Crippen LogP contribution in [0.5, 0.6) is 5.75 Å². The van der Waals surface area contributed by atoms with Crippen molar-refractivity contribution >= 4 is 21.9 Å². The minimum Gasteiger partial charge on any atom is -0.478 e. The molecule has 0 aromatic heterocycles. The fourth-order valence-corrected chi connectivity index (χ4v) is 1.26. The number of carboxylic acid groups (broad SMARTS) is 1.